The smallest absolute Gasteiger partial charge is 0.153 e. The first kappa shape index (κ1) is 15.9. The second-order valence-corrected chi connectivity index (χ2v) is 9.14. The molecule has 1 N–H and O–H groups in total. The average Bonchev–Trinajstić information content (AvgIpc) is 2.14. The van der Waals surface area contributed by atoms with Gasteiger partial charge in [-0.1, -0.05) is 19.3 Å². The minimum Gasteiger partial charge on any atom is -0.389 e. The van der Waals surface area contributed by atoms with E-state index in [1.54, 1.807) is 13.8 Å². The predicted octanol–water partition coefficient (Wildman–Crippen LogP) is 1.44. The fraction of sp³-hybridized carbons (Fsp3) is 1.00. The van der Waals surface area contributed by atoms with Crippen LogP contribution < -0.4 is 0 Å². The molecule has 1 fully saturated rings. The van der Waals surface area contributed by atoms with Crippen molar-refractivity contribution in [3.05, 3.63) is 0 Å². The first-order chi connectivity index (χ1) is 8.06. The van der Waals surface area contributed by atoms with Gasteiger partial charge in [0.25, 0.3) is 0 Å². The van der Waals surface area contributed by atoms with E-state index in [4.69, 9.17) is 0 Å². The number of nitrogens with zero attached hydrogens (tertiary/aromatic N) is 1. The summed E-state index contributed by atoms with van der Waals surface area (Å²) in [5.41, 5.74) is -0.624. The van der Waals surface area contributed by atoms with Gasteiger partial charge in [0, 0.05) is 19.3 Å². The summed E-state index contributed by atoms with van der Waals surface area (Å²) in [6.07, 6.45) is 6.27. The molecule has 0 bridgehead atoms. The van der Waals surface area contributed by atoms with Crippen LogP contribution in [0.3, 0.4) is 0 Å². The van der Waals surface area contributed by atoms with Crippen LogP contribution in [0.25, 0.3) is 0 Å². The van der Waals surface area contributed by atoms with Gasteiger partial charge in [0.05, 0.1) is 10.3 Å². The van der Waals surface area contributed by atoms with Gasteiger partial charge in [-0.05, 0) is 33.7 Å². The molecule has 4 nitrogen and oxygen atoms in total. The Labute approximate surface area is 111 Å². The molecule has 0 amide bonds. The highest BCUT2D eigenvalue weighted by molar-refractivity contribution is 7.92. The molecule has 0 saturated heterocycles. The van der Waals surface area contributed by atoms with Crippen LogP contribution >= 0.6 is 0 Å². The Balaban J connectivity index is 2.58. The Bertz CT molecular complexity index is 370. The van der Waals surface area contributed by atoms with Crippen LogP contribution in [0, 0.1) is 0 Å². The quantitative estimate of drug-likeness (QED) is 0.826. The lowest BCUT2D eigenvalue weighted by Gasteiger charge is -2.37. The SMILES string of the molecule is CN(CC1(O)CCCCC1)CC(C)(C)S(C)(=O)=O. The molecule has 0 spiro atoms. The second-order valence-electron chi connectivity index (χ2n) is 6.49. The van der Waals surface area contributed by atoms with E-state index in [0.717, 1.165) is 25.7 Å². The number of likely N-dealkylation sites (N-methyl/N-ethyl adjacent to an activating group) is 1. The van der Waals surface area contributed by atoms with Crippen molar-refractivity contribution in [3.8, 4) is 0 Å². The van der Waals surface area contributed by atoms with Crippen LogP contribution in [-0.2, 0) is 9.84 Å². The summed E-state index contributed by atoms with van der Waals surface area (Å²) in [6, 6.07) is 0. The van der Waals surface area contributed by atoms with E-state index in [-0.39, 0.29) is 0 Å². The summed E-state index contributed by atoms with van der Waals surface area (Å²) in [7, 11) is -1.19. The Morgan fingerprint density at radius 3 is 2.17 bits per heavy atom. The van der Waals surface area contributed by atoms with E-state index in [1.165, 1.54) is 12.7 Å². The lowest BCUT2D eigenvalue weighted by molar-refractivity contribution is -0.0219. The summed E-state index contributed by atoms with van der Waals surface area (Å²) in [5.74, 6) is 0. The highest BCUT2D eigenvalue weighted by atomic mass is 32.2. The number of aliphatic hydroxyl groups is 1. The highest BCUT2D eigenvalue weighted by Gasteiger charge is 2.35. The van der Waals surface area contributed by atoms with Gasteiger partial charge in [0.15, 0.2) is 9.84 Å². The Morgan fingerprint density at radius 1 is 1.22 bits per heavy atom. The van der Waals surface area contributed by atoms with E-state index in [1.807, 2.05) is 11.9 Å². The maximum Gasteiger partial charge on any atom is 0.153 e. The van der Waals surface area contributed by atoms with Crippen molar-refractivity contribution < 1.29 is 13.5 Å². The van der Waals surface area contributed by atoms with Gasteiger partial charge in [-0.15, -0.1) is 0 Å². The topological polar surface area (TPSA) is 57.6 Å². The molecule has 0 aromatic rings. The van der Waals surface area contributed by atoms with Crippen LogP contribution in [-0.4, -0.2) is 55.2 Å². The Morgan fingerprint density at radius 2 is 1.72 bits per heavy atom. The van der Waals surface area contributed by atoms with Gasteiger partial charge >= 0.3 is 0 Å². The first-order valence-corrected chi connectivity index (χ1v) is 8.55. The molecule has 1 rings (SSSR count). The largest absolute Gasteiger partial charge is 0.389 e. The van der Waals surface area contributed by atoms with Crippen molar-refractivity contribution in [2.45, 2.75) is 56.3 Å². The molecule has 18 heavy (non-hydrogen) atoms. The summed E-state index contributed by atoms with van der Waals surface area (Å²) >= 11 is 0. The summed E-state index contributed by atoms with van der Waals surface area (Å²) in [5, 5.41) is 10.5. The molecule has 1 saturated carbocycles. The number of hydrogen-bond acceptors (Lipinski definition) is 4. The van der Waals surface area contributed by atoms with Crippen molar-refractivity contribution in [2.24, 2.45) is 0 Å². The van der Waals surface area contributed by atoms with Crippen molar-refractivity contribution in [1.82, 2.24) is 4.90 Å². The minimum absolute atomic E-state index is 0.453. The van der Waals surface area contributed by atoms with Crippen LogP contribution in [0.15, 0.2) is 0 Å². The van der Waals surface area contributed by atoms with E-state index < -0.39 is 20.2 Å². The average molecular weight is 277 g/mol. The third kappa shape index (κ3) is 4.21. The maximum atomic E-state index is 11.7. The molecule has 0 heterocycles. The van der Waals surface area contributed by atoms with Crippen molar-refractivity contribution in [2.75, 3.05) is 26.4 Å². The van der Waals surface area contributed by atoms with Crippen LogP contribution in [0.1, 0.15) is 46.0 Å². The maximum absolute atomic E-state index is 11.7. The van der Waals surface area contributed by atoms with Crippen LogP contribution in [0.2, 0.25) is 0 Å². The van der Waals surface area contributed by atoms with Gasteiger partial charge in [0.1, 0.15) is 0 Å². The fourth-order valence-corrected chi connectivity index (χ4v) is 3.15. The van der Waals surface area contributed by atoms with E-state index in [0.29, 0.717) is 13.1 Å². The standard InChI is InChI=1S/C13H27NO3S/c1-12(2,18(4,16)17)10-14(3)11-13(15)8-6-5-7-9-13/h15H,5-11H2,1-4H3. The Hall–Kier alpha value is -0.130. The lowest BCUT2D eigenvalue weighted by Crippen LogP contribution is -2.49. The molecule has 0 aliphatic heterocycles. The predicted molar refractivity (Wildman–Crippen MR) is 74.5 cm³/mol. The third-order valence-electron chi connectivity index (χ3n) is 4.00. The molecule has 0 aromatic heterocycles. The van der Waals surface area contributed by atoms with Crippen LogP contribution in [0.4, 0.5) is 0 Å². The van der Waals surface area contributed by atoms with Crippen molar-refractivity contribution in [1.29, 1.82) is 0 Å². The molecule has 1 aliphatic rings. The first-order valence-electron chi connectivity index (χ1n) is 6.66. The molecule has 1 aliphatic carbocycles. The third-order valence-corrected chi connectivity index (χ3v) is 6.14. The molecule has 0 unspecified atom stereocenters. The van der Waals surface area contributed by atoms with Gasteiger partial charge in [-0.2, -0.15) is 0 Å². The molecule has 5 heteroatoms. The second kappa shape index (κ2) is 5.47. The molecular weight excluding hydrogens is 250 g/mol. The van der Waals surface area contributed by atoms with Gasteiger partial charge in [-0.25, -0.2) is 8.42 Å². The van der Waals surface area contributed by atoms with Crippen molar-refractivity contribution in [3.63, 3.8) is 0 Å². The molecule has 0 radical (unpaired) electrons. The van der Waals surface area contributed by atoms with E-state index >= 15 is 0 Å². The minimum atomic E-state index is -3.08. The molecular formula is C13H27NO3S. The number of rotatable bonds is 5. The van der Waals surface area contributed by atoms with Gasteiger partial charge in [0.2, 0.25) is 0 Å². The summed E-state index contributed by atoms with van der Waals surface area (Å²) < 4.78 is 22.6. The Kier molecular flexibility index (Phi) is 4.84. The van der Waals surface area contributed by atoms with Gasteiger partial charge < -0.3 is 10.0 Å². The fourth-order valence-electron chi connectivity index (χ4n) is 2.69. The zero-order valence-electron chi connectivity index (χ0n) is 12.1. The van der Waals surface area contributed by atoms with Crippen molar-refractivity contribution >= 4 is 9.84 Å². The summed E-state index contributed by atoms with van der Waals surface area (Å²) in [4.78, 5) is 1.95. The van der Waals surface area contributed by atoms with Gasteiger partial charge in [-0.3, -0.25) is 0 Å². The molecule has 0 atom stereocenters. The zero-order chi connectivity index (χ0) is 14.0. The van der Waals surface area contributed by atoms with Crippen LogP contribution in [0.5, 0.6) is 0 Å². The number of sulfone groups is 1. The van der Waals surface area contributed by atoms with E-state index in [2.05, 4.69) is 0 Å². The normalized spacial score (nSPS) is 21.2. The highest BCUT2D eigenvalue weighted by Crippen LogP contribution is 2.29. The monoisotopic (exact) mass is 277 g/mol. The molecule has 0 aromatic carbocycles. The number of hydrogen-bond donors (Lipinski definition) is 1. The zero-order valence-corrected chi connectivity index (χ0v) is 12.9. The van der Waals surface area contributed by atoms with E-state index in [9.17, 15) is 13.5 Å². The lowest BCUT2D eigenvalue weighted by atomic mass is 9.84. The molecule has 108 valence electrons. The summed E-state index contributed by atoms with van der Waals surface area (Å²) in [6.45, 7) is 4.49.